The first-order valence-electron chi connectivity index (χ1n) is 10.2. The number of unbranched alkanes of at least 4 members (excludes halogenated alkanes) is 1. The number of likely N-dealkylation sites (N-methyl/N-ethyl adjacent to an activating group) is 1. The van der Waals surface area contributed by atoms with E-state index < -0.39 is 0 Å². The molecule has 0 aliphatic rings. The van der Waals surface area contributed by atoms with Crippen LogP contribution >= 0.6 is 11.6 Å². The first-order chi connectivity index (χ1) is 14.1. The number of fused-ring (bicyclic) bond motifs is 1. The maximum Gasteiger partial charge on any atom is 0.228 e. The maximum atomic E-state index is 12.8. The number of pyridine rings is 1. The van der Waals surface area contributed by atoms with Gasteiger partial charge in [0.15, 0.2) is 0 Å². The number of rotatable bonds is 9. The monoisotopic (exact) mass is 413 g/mol. The summed E-state index contributed by atoms with van der Waals surface area (Å²) in [4.78, 5) is 19.4. The second-order valence-corrected chi connectivity index (χ2v) is 7.39. The van der Waals surface area contributed by atoms with Gasteiger partial charge in [0.05, 0.1) is 29.4 Å². The highest BCUT2D eigenvalue weighted by Gasteiger charge is 2.20. The predicted molar refractivity (Wildman–Crippen MR) is 118 cm³/mol. The van der Waals surface area contributed by atoms with E-state index in [1.165, 1.54) is 0 Å². The Morgan fingerprint density at radius 3 is 2.48 bits per heavy atom. The van der Waals surface area contributed by atoms with E-state index in [-0.39, 0.29) is 12.3 Å². The number of amides is 1. The van der Waals surface area contributed by atoms with Crippen LogP contribution in [0.2, 0.25) is 5.02 Å². The quantitative estimate of drug-likeness (QED) is 0.450. The fourth-order valence-corrected chi connectivity index (χ4v) is 3.50. The van der Waals surface area contributed by atoms with Crippen molar-refractivity contribution in [2.24, 2.45) is 0 Å². The first kappa shape index (κ1) is 21.2. The van der Waals surface area contributed by atoms with Crippen LogP contribution in [0.1, 0.15) is 39.3 Å². The number of hydrogen-bond acceptors (Lipinski definition) is 3. The summed E-state index contributed by atoms with van der Waals surface area (Å²) in [6.07, 6.45) is 4.23. The average molecular weight is 414 g/mol. The lowest BCUT2D eigenvalue weighted by molar-refractivity contribution is -0.130. The van der Waals surface area contributed by atoms with Gasteiger partial charge in [0.1, 0.15) is 11.4 Å². The number of carbonyl (C=O) groups is 1. The molecule has 0 atom stereocenters. The molecule has 0 saturated carbocycles. The molecule has 0 N–H and O–H groups in total. The summed E-state index contributed by atoms with van der Waals surface area (Å²) >= 11 is 6.22. The molecule has 6 heteroatoms. The Morgan fingerprint density at radius 2 is 1.83 bits per heavy atom. The molecule has 2 heterocycles. The topological polar surface area (TPSA) is 46.8 Å². The SMILES string of the molecule is CCCCOc1ccc(-c2nc3ccc(Cl)cn3c2CC(=O)N(CC)CC)cc1. The molecule has 0 bridgehead atoms. The Kier molecular flexibility index (Phi) is 7.15. The van der Waals surface area contributed by atoms with Gasteiger partial charge >= 0.3 is 0 Å². The van der Waals surface area contributed by atoms with Crippen molar-refractivity contribution in [3.05, 3.63) is 53.3 Å². The summed E-state index contributed by atoms with van der Waals surface area (Å²) in [6, 6.07) is 11.6. The van der Waals surface area contributed by atoms with Gasteiger partial charge in [-0.25, -0.2) is 4.98 Å². The van der Waals surface area contributed by atoms with Crippen molar-refractivity contribution >= 4 is 23.2 Å². The molecule has 0 aliphatic carbocycles. The van der Waals surface area contributed by atoms with E-state index in [9.17, 15) is 4.79 Å². The van der Waals surface area contributed by atoms with Crippen LogP contribution in [-0.4, -0.2) is 39.9 Å². The second kappa shape index (κ2) is 9.79. The van der Waals surface area contributed by atoms with Crippen molar-refractivity contribution in [1.29, 1.82) is 0 Å². The van der Waals surface area contributed by atoms with Gasteiger partial charge < -0.3 is 14.0 Å². The zero-order valence-electron chi connectivity index (χ0n) is 17.3. The number of nitrogens with zero attached hydrogens (tertiary/aromatic N) is 3. The third-order valence-corrected chi connectivity index (χ3v) is 5.23. The van der Waals surface area contributed by atoms with Crippen LogP contribution in [-0.2, 0) is 11.2 Å². The molecule has 0 fully saturated rings. The number of imidazole rings is 1. The number of hydrogen-bond donors (Lipinski definition) is 0. The molecular formula is C23H28ClN3O2. The lowest BCUT2D eigenvalue weighted by Gasteiger charge is -2.18. The number of carbonyl (C=O) groups excluding carboxylic acids is 1. The number of aromatic nitrogens is 2. The fourth-order valence-electron chi connectivity index (χ4n) is 3.34. The minimum Gasteiger partial charge on any atom is -0.494 e. The highest BCUT2D eigenvalue weighted by atomic mass is 35.5. The molecular weight excluding hydrogens is 386 g/mol. The summed E-state index contributed by atoms with van der Waals surface area (Å²) in [7, 11) is 0. The Balaban J connectivity index is 1.97. The van der Waals surface area contributed by atoms with E-state index in [0.29, 0.717) is 24.7 Å². The van der Waals surface area contributed by atoms with Gasteiger partial charge in [-0.2, -0.15) is 0 Å². The van der Waals surface area contributed by atoms with Crippen molar-refractivity contribution in [3.8, 4) is 17.0 Å². The van der Waals surface area contributed by atoms with Crippen molar-refractivity contribution in [2.45, 2.75) is 40.0 Å². The zero-order valence-corrected chi connectivity index (χ0v) is 18.1. The van der Waals surface area contributed by atoms with Crippen LogP contribution in [0.25, 0.3) is 16.9 Å². The Bertz CT molecular complexity index is 962. The third-order valence-electron chi connectivity index (χ3n) is 5.01. The van der Waals surface area contributed by atoms with Gasteiger partial charge in [-0.1, -0.05) is 24.9 Å². The Hall–Kier alpha value is -2.53. The molecule has 154 valence electrons. The largest absolute Gasteiger partial charge is 0.494 e. The highest BCUT2D eigenvalue weighted by molar-refractivity contribution is 6.30. The van der Waals surface area contributed by atoms with Crippen LogP contribution in [0.4, 0.5) is 0 Å². The zero-order chi connectivity index (χ0) is 20.8. The summed E-state index contributed by atoms with van der Waals surface area (Å²) in [6.45, 7) is 8.21. The summed E-state index contributed by atoms with van der Waals surface area (Å²) in [5.74, 6) is 0.923. The Morgan fingerprint density at radius 1 is 1.10 bits per heavy atom. The van der Waals surface area contributed by atoms with Crippen LogP contribution < -0.4 is 4.74 Å². The molecule has 0 unspecified atom stereocenters. The molecule has 29 heavy (non-hydrogen) atoms. The lowest BCUT2D eigenvalue weighted by atomic mass is 10.1. The summed E-state index contributed by atoms with van der Waals surface area (Å²) in [5, 5.41) is 0.609. The molecule has 3 rings (SSSR count). The smallest absolute Gasteiger partial charge is 0.228 e. The molecule has 1 amide bonds. The molecule has 5 nitrogen and oxygen atoms in total. The minimum atomic E-state index is 0.0811. The maximum absolute atomic E-state index is 12.8. The van der Waals surface area contributed by atoms with E-state index >= 15 is 0 Å². The van der Waals surface area contributed by atoms with Crippen LogP contribution in [0, 0.1) is 0 Å². The number of halogens is 1. The van der Waals surface area contributed by atoms with Gasteiger partial charge in [0.25, 0.3) is 0 Å². The van der Waals surface area contributed by atoms with Crippen molar-refractivity contribution < 1.29 is 9.53 Å². The van der Waals surface area contributed by atoms with Gasteiger partial charge in [-0.05, 0) is 56.7 Å². The fraction of sp³-hybridized carbons (Fsp3) is 0.391. The number of benzene rings is 1. The van der Waals surface area contributed by atoms with Gasteiger partial charge in [0, 0.05) is 24.8 Å². The van der Waals surface area contributed by atoms with Gasteiger partial charge in [-0.15, -0.1) is 0 Å². The van der Waals surface area contributed by atoms with Gasteiger partial charge in [-0.3, -0.25) is 4.79 Å². The molecule has 0 aliphatic heterocycles. The highest BCUT2D eigenvalue weighted by Crippen LogP contribution is 2.28. The lowest BCUT2D eigenvalue weighted by Crippen LogP contribution is -2.32. The molecule has 3 aromatic rings. The van der Waals surface area contributed by atoms with Crippen molar-refractivity contribution in [1.82, 2.24) is 14.3 Å². The first-order valence-corrected chi connectivity index (χ1v) is 10.6. The van der Waals surface area contributed by atoms with E-state index in [2.05, 4.69) is 6.92 Å². The van der Waals surface area contributed by atoms with Crippen LogP contribution in [0.15, 0.2) is 42.6 Å². The molecule has 1 aromatic carbocycles. The molecule has 0 saturated heterocycles. The van der Waals surface area contributed by atoms with E-state index in [1.54, 1.807) is 0 Å². The van der Waals surface area contributed by atoms with E-state index in [4.69, 9.17) is 21.3 Å². The second-order valence-electron chi connectivity index (χ2n) is 6.95. The third kappa shape index (κ3) is 4.91. The summed E-state index contributed by atoms with van der Waals surface area (Å²) in [5.41, 5.74) is 3.37. The van der Waals surface area contributed by atoms with Crippen LogP contribution in [0.5, 0.6) is 5.75 Å². The Labute approximate surface area is 177 Å². The van der Waals surface area contributed by atoms with Crippen molar-refractivity contribution in [2.75, 3.05) is 19.7 Å². The average Bonchev–Trinajstić information content (AvgIpc) is 3.07. The summed E-state index contributed by atoms with van der Waals surface area (Å²) < 4.78 is 7.68. The van der Waals surface area contributed by atoms with E-state index in [0.717, 1.165) is 41.2 Å². The van der Waals surface area contributed by atoms with Crippen molar-refractivity contribution in [3.63, 3.8) is 0 Å². The molecule has 0 spiro atoms. The molecule has 2 aromatic heterocycles. The van der Waals surface area contributed by atoms with E-state index in [1.807, 2.05) is 65.7 Å². The van der Waals surface area contributed by atoms with Gasteiger partial charge in [0.2, 0.25) is 5.91 Å². The molecule has 0 radical (unpaired) electrons. The normalized spacial score (nSPS) is 11.0. The number of ether oxygens (including phenoxy) is 1. The predicted octanol–water partition coefficient (Wildman–Crippen LogP) is 5.24. The standard InChI is InChI=1S/C23H28ClN3O2/c1-4-7-14-29-19-11-8-17(9-12-19)23-20(15-22(28)26(5-2)6-3)27-16-18(24)10-13-21(27)25-23/h8-13,16H,4-7,14-15H2,1-3H3. The minimum absolute atomic E-state index is 0.0811. The van der Waals surface area contributed by atoms with Crippen LogP contribution in [0.3, 0.4) is 0 Å².